The summed E-state index contributed by atoms with van der Waals surface area (Å²) >= 11 is 0. The van der Waals surface area contributed by atoms with E-state index in [-0.39, 0.29) is 24.1 Å². The Labute approximate surface area is 134 Å². The van der Waals surface area contributed by atoms with Gasteiger partial charge < -0.3 is 14.2 Å². The highest BCUT2D eigenvalue weighted by atomic mass is 19.1. The van der Waals surface area contributed by atoms with Crippen molar-refractivity contribution in [2.24, 2.45) is 7.05 Å². The third-order valence-corrected chi connectivity index (χ3v) is 4.20. The predicted molar refractivity (Wildman–Crippen MR) is 83.3 cm³/mol. The molecule has 122 valence electrons. The first kappa shape index (κ1) is 15.7. The van der Waals surface area contributed by atoms with Crippen LogP contribution in [0.5, 0.6) is 0 Å². The zero-order chi connectivity index (χ0) is 16.4. The van der Waals surface area contributed by atoms with Crippen molar-refractivity contribution in [1.29, 1.82) is 0 Å². The van der Waals surface area contributed by atoms with E-state index < -0.39 is 0 Å². The highest BCUT2D eigenvalue weighted by molar-refractivity contribution is 5.79. The summed E-state index contributed by atoms with van der Waals surface area (Å²) in [5.41, 5.74) is 2.72. The zero-order valence-corrected chi connectivity index (χ0v) is 13.3. The number of hydrogen-bond donors (Lipinski definition) is 0. The maximum atomic E-state index is 13.3. The normalized spacial score (nSPS) is 17.2. The number of aryl methyl sites for hydroxylation is 1. The van der Waals surface area contributed by atoms with E-state index in [0.717, 1.165) is 11.4 Å². The molecule has 0 radical (unpaired) electrons. The molecule has 1 aromatic heterocycles. The third kappa shape index (κ3) is 3.27. The molecule has 0 saturated heterocycles. The highest BCUT2D eigenvalue weighted by Crippen LogP contribution is 2.28. The van der Waals surface area contributed by atoms with Crippen LogP contribution < -0.4 is 0 Å². The number of imidazole rings is 1. The highest BCUT2D eigenvalue weighted by Gasteiger charge is 2.31. The van der Waals surface area contributed by atoms with Crippen molar-refractivity contribution in [2.45, 2.75) is 18.9 Å². The molecule has 2 heterocycles. The Kier molecular flexibility index (Phi) is 4.43. The number of rotatable bonds is 4. The van der Waals surface area contributed by atoms with Gasteiger partial charge in [-0.1, -0.05) is 12.1 Å². The topological polar surface area (TPSA) is 47.4 Å². The molecule has 1 aliphatic heterocycles. The smallest absolute Gasteiger partial charge is 0.227 e. The lowest BCUT2D eigenvalue weighted by Crippen LogP contribution is -2.40. The fourth-order valence-corrected chi connectivity index (χ4v) is 3.19. The first-order valence-corrected chi connectivity index (χ1v) is 7.59. The van der Waals surface area contributed by atoms with E-state index in [0.29, 0.717) is 25.3 Å². The fourth-order valence-electron chi connectivity index (χ4n) is 3.19. The molecule has 0 fully saturated rings. The number of carbonyl (C=O) groups excluding carboxylic acids is 1. The number of halogens is 1. The van der Waals surface area contributed by atoms with Crippen molar-refractivity contribution in [3.8, 4) is 0 Å². The number of nitrogens with zero attached hydrogens (tertiary/aromatic N) is 3. The molecule has 1 amide bonds. The number of methoxy groups -OCH3 is 1. The van der Waals surface area contributed by atoms with E-state index in [1.54, 1.807) is 30.5 Å². The van der Waals surface area contributed by atoms with Gasteiger partial charge in [0.2, 0.25) is 5.91 Å². The monoisotopic (exact) mass is 317 g/mol. The van der Waals surface area contributed by atoms with Crippen LogP contribution in [-0.4, -0.2) is 40.6 Å². The van der Waals surface area contributed by atoms with Crippen LogP contribution in [0, 0.1) is 5.82 Å². The predicted octanol–water partition coefficient (Wildman–Crippen LogP) is 1.87. The second-order valence-corrected chi connectivity index (χ2v) is 5.92. The number of hydrogen-bond acceptors (Lipinski definition) is 3. The summed E-state index contributed by atoms with van der Waals surface area (Å²) in [4.78, 5) is 18.8. The number of ether oxygens (including phenoxy) is 1. The number of amides is 1. The second-order valence-electron chi connectivity index (χ2n) is 5.92. The summed E-state index contributed by atoms with van der Waals surface area (Å²) in [6.45, 7) is 1.62. The molecule has 1 aliphatic rings. The minimum atomic E-state index is -0.321. The summed E-state index contributed by atoms with van der Waals surface area (Å²) < 4.78 is 20.6. The molecule has 1 atom stereocenters. The lowest BCUT2D eigenvalue weighted by atomic mass is 9.98. The molecule has 0 aliphatic carbocycles. The minimum absolute atomic E-state index is 0.0204. The molecule has 0 N–H and O–H groups in total. The largest absolute Gasteiger partial charge is 0.384 e. The average molecular weight is 317 g/mol. The van der Waals surface area contributed by atoms with E-state index in [1.807, 2.05) is 11.6 Å². The zero-order valence-electron chi connectivity index (χ0n) is 13.3. The van der Waals surface area contributed by atoms with E-state index >= 15 is 0 Å². The van der Waals surface area contributed by atoms with E-state index in [9.17, 15) is 9.18 Å². The van der Waals surface area contributed by atoms with Gasteiger partial charge in [0.25, 0.3) is 0 Å². The van der Waals surface area contributed by atoms with Gasteiger partial charge in [-0.05, 0) is 17.7 Å². The van der Waals surface area contributed by atoms with Crippen molar-refractivity contribution >= 4 is 5.91 Å². The lowest BCUT2D eigenvalue weighted by Gasteiger charge is -2.32. The summed E-state index contributed by atoms with van der Waals surface area (Å²) in [5.74, 6) is -0.237. The van der Waals surface area contributed by atoms with Crippen molar-refractivity contribution < 1.29 is 13.9 Å². The van der Waals surface area contributed by atoms with Crippen LogP contribution in [0.25, 0.3) is 0 Å². The molecule has 0 bridgehead atoms. The molecule has 0 spiro atoms. The van der Waals surface area contributed by atoms with Gasteiger partial charge in [0.1, 0.15) is 5.82 Å². The quantitative estimate of drug-likeness (QED) is 0.865. The van der Waals surface area contributed by atoms with Crippen molar-refractivity contribution in [3.63, 3.8) is 0 Å². The van der Waals surface area contributed by atoms with Gasteiger partial charge in [-0.2, -0.15) is 0 Å². The maximum Gasteiger partial charge on any atom is 0.227 e. The first-order chi connectivity index (χ1) is 11.1. The van der Waals surface area contributed by atoms with E-state index in [2.05, 4.69) is 4.98 Å². The van der Waals surface area contributed by atoms with Gasteiger partial charge in [-0.15, -0.1) is 0 Å². The molecule has 0 unspecified atom stereocenters. The third-order valence-electron chi connectivity index (χ3n) is 4.20. The first-order valence-electron chi connectivity index (χ1n) is 7.59. The van der Waals surface area contributed by atoms with Crippen LogP contribution in [0.4, 0.5) is 4.39 Å². The summed E-state index contributed by atoms with van der Waals surface area (Å²) in [7, 11) is 3.61. The Bertz CT molecular complexity index is 714. The van der Waals surface area contributed by atoms with Crippen molar-refractivity contribution in [1.82, 2.24) is 14.5 Å². The molecule has 5 nitrogen and oxygen atoms in total. The molecule has 3 rings (SSSR count). The van der Waals surface area contributed by atoms with Crippen LogP contribution >= 0.6 is 0 Å². The number of benzene rings is 1. The van der Waals surface area contributed by atoms with E-state index in [4.69, 9.17) is 4.74 Å². The van der Waals surface area contributed by atoms with Crippen molar-refractivity contribution in [2.75, 3.05) is 20.3 Å². The molecular formula is C17H20FN3O2. The van der Waals surface area contributed by atoms with Gasteiger partial charge >= 0.3 is 0 Å². The molecule has 0 saturated carbocycles. The Balaban J connectivity index is 1.77. The number of aromatic nitrogens is 2. The SMILES string of the molecule is COC[C@H]1CN(C(=O)Cc2cccc(F)c2)Cc2ncn(C)c21. The Hall–Kier alpha value is -2.21. The lowest BCUT2D eigenvalue weighted by molar-refractivity contribution is -0.132. The average Bonchev–Trinajstić information content (AvgIpc) is 2.89. The van der Waals surface area contributed by atoms with Gasteiger partial charge in [-0.3, -0.25) is 4.79 Å². The summed E-state index contributed by atoms with van der Waals surface area (Å²) in [6.07, 6.45) is 1.97. The Morgan fingerprint density at radius 3 is 3.04 bits per heavy atom. The van der Waals surface area contributed by atoms with Crippen LogP contribution in [0.2, 0.25) is 0 Å². The molecular weight excluding hydrogens is 297 g/mol. The summed E-state index contributed by atoms with van der Waals surface area (Å²) in [5, 5.41) is 0. The Morgan fingerprint density at radius 2 is 2.30 bits per heavy atom. The van der Waals surface area contributed by atoms with Gasteiger partial charge in [0, 0.05) is 32.3 Å². The molecule has 2 aromatic rings. The van der Waals surface area contributed by atoms with Crippen LogP contribution in [-0.2, 0) is 29.5 Å². The van der Waals surface area contributed by atoms with Gasteiger partial charge in [-0.25, -0.2) is 9.37 Å². The molecule has 1 aromatic carbocycles. The van der Waals surface area contributed by atoms with Gasteiger partial charge in [0.15, 0.2) is 0 Å². The Morgan fingerprint density at radius 1 is 1.48 bits per heavy atom. The second kappa shape index (κ2) is 6.50. The fraction of sp³-hybridized carbons (Fsp3) is 0.412. The summed E-state index contributed by atoms with van der Waals surface area (Å²) in [6, 6.07) is 6.17. The van der Waals surface area contributed by atoms with E-state index in [1.165, 1.54) is 12.1 Å². The van der Waals surface area contributed by atoms with Crippen LogP contribution in [0.1, 0.15) is 22.9 Å². The number of carbonyl (C=O) groups is 1. The minimum Gasteiger partial charge on any atom is -0.384 e. The molecule has 6 heteroatoms. The standard InChI is InChI=1S/C17H20FN3O2/c1-20-11-19-15-9-21(8-13(10-23-2)17(15)20)16(22)7-12-4-3-5-14(18)6-12/h3-6,11,13H,7-10H2,1-2H3/t13-/m1/s1. The van der Waals surface area contributed by atoms with Gasteiger partial charge in [0.05, 0.1) is 31.6 Å². The van der Waals surface area contributed by atoms with Crippen molar-refractivity contribution in [3.05, 3.63) is 53.4 Å². The number of fused-ring (bicyclic) bond motifs is 1. The maximum absolute atomic E-state index is 13.3. The van der Waals surface area contributed by atoms with Crippen LogP contribution in [0.15, 0.2) is 30.6 Å². The van der Waals surface area contributed by atoms with Crippen LogP contribution in [0.3, 0.4) is 0 Å². The molecule has 23 heavy (non-hydrogen) atoms.